The van der Waals surface area contributed by atoms with E-state index in [0.29, 0.717) is 0 Å². The minimum atomic E-state index is -0.910. The Morgan fingerprint density at radius 3 is 2.55 bits per heavy atom. The van der Waals surface area contributed by atoms with E-state index in [4.69, 9.17) is 5.11 Å². The molecule has 2 N–H and O–H groups in total. The number of carbonyl (C=O) groups excluding carboxylic acids is 1. The van der Waals surface area contributed by atoms with Crippen molar-refractivity contribution in [3.63, 3.8) is 0 Å². The fourth-order valence-corrected chi connectivity index (χ4v) is 2.52. The monoisotopic (exact) mass is 299 g/mol. The standard InChI is InChI=1S/C13H21N3O3S/c1-8(2)16(6-5-11(17)18)13(19)15-10(4)12-14-9(3)7-20-12/h7-8,10H,5-6H2,1-4H3,(H,15,19)(H,17,18). The summed E-state index contributed by atoms with van der Waals surface area (Å²) < 4.78 is 0. The van der Waals surface area contributed by atoms with Gasteiger partial charge in [-0.1, -0.05) is 0 Å². The second kappa shape index (κ2) is 7.23. The molecule has 6 nitrogen and oxygen atoms in total. The predicted octanol–water partition coefficient (Wildman–Crippen LogP) is 2.41. The van der Waals surface area contributed by atoms with Gasteiger partial charge in [0, 0.05) is 23.7 Å². The Morgan fingerprint density at radius 1 is 1.45 bits per heavy atom. The third kappa shape index (κ3) is 4.80. The minimum Gasteiger partial charge on any atom is -0.481 e. The number of carboxylic acids is 1. The Hall–Kier alpha value is -1.63. The fraction of sp³-hybridized carbons (Fsp3) is 0.615. The van der Waals surface area contributed by atoms with Gasteiger partial charge in [-0.05, 0) is 27.7 Å². The molecule has 0 fully saturated rings. The molecule has 1 unspecified atom stereocenters. The van der Waals surface area contributed by atoms with E-state index in [1.807, 2.05) is 33.1 Å². The number of carboxylic acid groups (broad SMARTS) is 1. The van der Waals surface area contributed by atoms with Gasteiger partial charge in [-0.3, -0.25) is 4.79 Å². The van der Waals surface area contributed by atoms with Crippen molar-refractivity contribution in [3.05, 3.63) is 16.1 Å². The highest BCUT2D eigenvalue weighted by Crippen LogP contribution is 2.17. The van der Waals surface area contributed by atoms with Crippen LogP contribution in [-0.2, 0) is 4.79 Å². The highest BCUT2D eigenvalue weighted by molar-refractivity contribution is 7.09. The molecule has 1 atom stereocenters. The lowest BCUT2D eigenvalue weighted by Crippen LogP contribution is -2.45. The molecular formula is C13H21N3O3S. The van der Waals surface area contributed by atoms with Gasteiger partial charge in [-0.25, -0.2) is 9.78 Å². The Labute approximate surface area is 122 Å². The van der Waals surface area contributed by atoms with Crippen LogP contribution in [0.3, 0.4) is 0 Å². The first kappa shape index (κ1) is 16.4. The molecule has 1 heterocycles. The summed E-state index contributed by atoms with van der Waals surface area (Å²) in [5.41, 5.74) is 0.928. The zero-order valence-electron chi connectivity index (χ0n) is 12.2. The van der Waals surface area contributed by atoms with Crippen LogP contribution in [0.5, 0.6) is 0 Å². The first-order chi connectivity index (χ1) is 9.31. The van der Waals surface area contributed by atoms with Crippen LogP contribution in [0.15, 0.2) is 5.38 Å². The zero-order valence-corrected chi connectivity index (χ0v) is 13.0. The van der Waals surface area contributed by atoms with Crippen LogP contribution in [0.4, 0.5) is 4.79 Å². The highest BCUT2D eigenvalue weighted by atomic mass is 32.1. The summed E-state index contributed by atoms with van der Waals surface area (Å²) >= 11 is 1.50. The Kier molecular flexibility index (Phi) is 5.94. The number of nitrogens with one attached hydrogen (secondary N) is 1. The lowest BCUT2D eigenvalue weighted by atomic mass is 10.3. The lowest BCUT2D eigenvalue weighted by molar-refractivity contribution is -0.137. The van der Waals surface area contributed by atoms with Crippen LogP contribution in [0.1, 0.15) is 43.9 Å². The number of aromatic nitrogens is 1. The molecule has 0 aromatic carbocycles. The number of aryl methyl sites for hydroxylation is 1. The number of nitrogens with zero attached hydrogens (tertiary/aromatic N) is 2. The maximum Gasteiger partial charge on any atom is 0.318 e. The topological polar surface area (TPSA) is 82.5 Å². The van der Waals surface area contributed by atoms with Crippen molar-refractivity contribution in [2.45, 2.75) is 46.2 Å². The van der Waals surface area contributed by atoms with E-state index >= 15 is 0 Å². The summed E-state index contributed by atoms with van der Waals surface area (Å²) in [6.45, 7) is 7.69. The zero-order chi connectivity index (χ0) is 15.3. The number of rotatable bonds is 6. The molecule has 0 aliphatic heterocycles. The number of carbonyl (C=O) groups is 2. The number of hydrogen-bond donors (Lipinski definition) is 2. The van der Waals surface area contributed by atoms with Crippen molar-refractivity contribution in [3.8, 4) is 0 Å². The first-order valence-corrected chi connectivity index (χ1v) is 7.40. The summed E-state index contributed by atoms with van der Waals surface area (Å²) in [4.78, 5) is 28.7. The molecule has 112 valence electrons. The van der Waals surface area contributed by atoms with Crippen LogP contribution < -0.4 is 5.32 Å². The molecule has 0 bridgehead atoms. The fourth-order valence-electron chi connectivity index (χ4n) is 1.71. The van der Waals surface area contributed by atoms with Crippen LogP contribution >= 0.6 is 11.3 Å². The minimum absolute atomic E-state index is 0.0559. The van der Waals surface area contributed by atoms with Gasteiger partial charge < -0.3 is 15.3 Å². The van der Waals surface area contributed by atoms with Gasteiger partial charge in [-0.2, -0.15) is 0 Å². The molecule has 1 rings (SSSR count). The first-order valence-electron chi connectivity index (χ1n) is 6.52. The molecule has 0 aliphatic carbocycles. The number of amides is 2. The van der Waals surface area contributed by atoms with Gasteiger partial charge in [0.25, 0.3) is 0 Å². The predicted molar refractivity (Wildman–Crippen MR) is 77.9 cm³/mol. The number of thiazole rings is 1. The lowest BCUT2D eigenvalue weighted by Gasteiger charge is -2.27. The molecule has 0 radical (unpaired) electrons. The molecule has 0 spiro atoms. The van der Waals surface area contributed by atoms with Gasteiger partial charge in [0.15, 0.2) is 0 Å². The molecule has 1 aromatic rings. The molecule has 0 saturated heterocycles. The highest BCUT2D eigenvalue weighted by Gasteiger charge is 2.21. The summed E-state index contributed by atoms with van der Waals surface area (Å²) in [5, 5.41) is 14.4. The summed E-state index contributed by atoms with van der Waals surface area (Å²) in [6.07, 6.45) is -0.0592. The van der Waals surface area contributed by atoms with E-state index in [1.165, 1.54) is 16.2 Å². The molecule has 0 aliphatic rings. The third-order valence-electron chi connectivity index (χ3n) is 2.80. The van der Waals surface area contributed by atoms with Gasteiger partial charge in [-0.15, -0.1) is 11.3 Å². The number of hydrogen-bond acceptors (Lipinski definition) is 4. The van der Waals surface area contributed by atoms with Crippen LogP contribution in [0, 0.1) is 6.92 Å². The van der Waals surface area contributed by atoms with Crippen molar-refractivity contribution in [2.24, 2.45) is 0 Å². The van der Waals surface area contributed by atoms with Crippen LogP contribution in [-0.4, -0.2) is 39.6 Å². The Bertz CT molecular complexity index is 473. The summed E-state index contributed by atoms with van der Waals surface area (Å²) in [6, 6.07) is -0.506. The maximum absolute atomic E-state index is 12.2. The van der Waals surface area contributed by atoms with Gasteiger partial charge in [0.1, 0.15) is 5.01 Å². The van der Waals surface area contributed by atoms with Gasteiger partial charge in [0.2, 0.25) is 0 Å². The van der Waals surface area contributed by atoms with E-state index in [0.717, 1.165) is 10.7 Å². The average molecular weight is 299 g/mol. The Morgan fingerprint density at radius 2 is 2.10 bits per heavy atom. The van der Waals surface area contributed by atoms with E-state index in [1.54, 1.807) is 0 Å². The number of urea groups is 1. The van der Waals surface area contributed by atoms with Crippen LogP contribution in [0.2, 0.25) is 0 Å². The van der Waals surface area contributed by atoms with Crippen molar-refractivity contribution < 1.29 is 14.7 Å². The van der Waals surface area contributed by atoms with E-state index < -0.39 is 5.97 Å². The SMILES string of the molecule is Cc1csc(C(C)NC(=O)N(CCC(=O)O)C(C)C)n1. The maximum atomic E-state index is 12.2. The quantitative estimate of drug-likeness (QED) is 0.845. The smallest absolute Gasteiger partial charge is 0.318 e. The van der Waals surface area contributed by atoms with E-state index in [9.17, 15) is 9.59 Å². The van der Waals surface area contributed by atoms with Crippen molar-refractivity contribution in [1.82, 2.24) is 15.2 Å². The van der Waals surface area contributed by atoms with Gasteiger partial charge >= 0.3 is 12.0 Å². The number of aliphatic carboxylic acids is 1. The summed E-state index contributed by atoms with van der Waals surface area (Å²) in [5.74, 6) is -0.910. The average Bonchev–Trinajstić information content (AvgIpc) is 2.75. The largest absolute Gasteiger partial charge is 0.481 e. The molecule has 7 heteroatoms. The second-order valence-corrected chi connectivity index (χ2v) is 5.82. The third-order valence-corrected chi connectivity index (χ3v) is 3.94. The normalized spacial score (nSPS) is 12.2. The van der Waals surface area contributed by atoms with Gasteiger partial charge in [0.05, 0.1) is 12.5 Å². The second-order valence-electron chi connectivity index (χ2n) is 4.93. The summed E-state index contributed by atoms with van der Waals surface area (Å²) in [7, 11) is 0. The molecule has 1 aromatic heterocycles. The molecule has 0 saturated carbocycles. The molecule has 2 amide bonds. The van der Waals surface area contributed by atoms with Crippen molar-refractivity contribution in [1.29, 1.82) is 0 Å². The molecule has 20 heavy (non-hydrogen) atoms. The van der Waals surface area contributed by atoms with Crippen molar-refractivity contribution in [2.75, 3.05) is 6.54 Å². The van der Waals surface area contributed by atoms with Crippen molar-refractivity contribution >= 4 is 23.3 Å². The Balaban J connectivity index is 2.63. The van der Waals surface area contributed by atoms with E-state index in [-0.39, 0.29) is 31.1 Å². The van der Waals surface area contributed by atoms with E-state index in [2.05, 4.69) is 10.3 Å². The molecular weight excluding hydrogens is 278 g/mol. The van der Waals surface area contributed by atoms with Crippen LogP contribution in [0.25, 0.3) is 0 Å².